The van der Waals surface area contributed by atoms with E-state index in [4.69, 9.17) is 4.74 Å². The number of amidine groups is 1. The zero-order valence-electron chi connectivity index (χ0n) is 13.1. The van der Waals surface area contributed by atoms with Crippen molar-refractivity contribution >= 4 is 16.9 Å². The van der Waals surface area contributed by atoms with E-state index in [1.165, 1.54) is 11.1 Å². The van der Waals surface area contributed by atoms with E-state index in [2.05, 4.69) is 38.4 Å². The van der Waals surface area contributed by atoms with Crippen LogP contribution in [0.2, 0.25) is 0 Å². The number of rotatable bonds is 5. The standard InChI is InChI=1S/C17H20N4OS/c1-22-16-6-4-14(5-7-16)11-23-17-19-12-21(13-20-17)10-15-3-2-8-18-9-15/h2-9H,10-13H2,1H3,(H,19,20). The van der Waals surface area contributed by atoms with Gasteiger partial charge in [-0.25, -0.2) is 4.99 Å². The van der Waals surface area contributed by atoms with Gasteiger partial charge in [-0.05, 0) is 29.3 Å². The van der Waals surface area contributed by atoms with Gasteiger partial charge in [0.1, 0.15) is 5.75 Å². The van der Waals surface area contributed by atoms with Gasteiger partial charge in [0.2, 0.25) is 0 Å². The molecular weight excluding hydrogens is 308 g/mol. The highest BCUT2D eigenvalue weighted by atomic mass is 32.2. The Labute approximate surface area is 140 Å². The molecule has 5 nitrogen and oxygen atoms in total. The molecule has 0 bridgehead atoms. The summed E-state index contributed by atoms with van der Waals surface area (Å²) >= 11 is 1.73. The largest absolute Gasteiger partial charge is 0.497 e. The summed E-state index contributed by atoms with van der Waals surface area (Å²) in [6, 6.07) is 12.2. The van der Waals surface area contributed by atoms with Crippen LogP contribution in [-0.2, 0) is 12.3 Å². The molecule has 2 heterocycles. The molecule has 0 fully saturated rings. The number of ether oxygens (including phenoxy) is 1. The first-order valence-corrected chi connectivity index (χ1v) is 8.47. The molecule has 0 spiro atoms. The first-order chi connectivity index (χ1) is 11.3. The Morgan fingerprint density at radius 2 is 2.09 bits per heavy atom. The lowest BCUT2D eigenvalue weighted by molar-refractivity contribution is 0.258. The van der Waals surface area contributed by atoms with Crippen molar-refractivity contribution in [3.05, 3.63) is 59.9 Å². The fourth-order valence-corrected chi connectivity index (χ4v) is 3.09. The van der Waals surface area contributed by atoms with E-state index in [9.17, 15) is 0 Å². The summed E-state index contributed by atoms with van der Waals surface area (Å²) in [6.07, 6.45) is 3.70. The van der Waals surface area contributed by atoms with E-state index in [0.29, 0.717) is 6.67 Å². The van der Waals surface area contributed by atoms with Gasteiger partial charge in [0.05, 0.1) is 20.4 Å². The Hall–Kier alpha value is -2.05. The molecule has 0 saturated heterocycles. The molecule has 1 aliphatic heterocycles. The molecule has 3 rings (SSSR count). The summed E-state index contributed by atoms with van der Waals surface area (Å²) in [5, 5.41) is 4.38. The summed E-state index contributed by atoms with van der Waals surface area (Å²) in [7, 11) is 1.68. The number of hydrogen-bond acceptors (Lipinski definition) is 6. The molecule has 0 amide bonds. The van der Waals surface area contributed by atoms with Gasteiger partial charge in [0, 0.05) is 24.7 Å². The van der Waals surface area contributed by atoms with Crippen molar-refractivity contribution in [1.29, 1.82) is 0 Å². The van der Waals surface area contributed by atoms with Crippen molar-refractivity contribution in [2.24, 2.45) is 4.99 Å². The summed E-state index contributed by atoms with van der Waals surface area (Å²) in [4.78, 5) is 11.0. The lowest BCUT2D eigenvalue weighted by atomic mass is 10.2. The smallest absolute Gasteiger partial charge is 0.159 e. The Kier molecular flexibility index (Phi) is 5.50. The minimum absolute atomic E-state index is 0.715. The molecule has 0 unspecified atom stereocenters. The zero-order chi connectivity index (χ0) is 15.9. The van der Waals surface area contributed by atoms with Gasteiger partial charge in [-0.15, -0.1) is 0 Å². The molecule has 1 aliphatic rings. The first-order valence-electron chi connectivity index (χ1n) is 7.49. The molecule has 1 aromatic carbocycles. The van der Waals surface area contributed by atoms with Crippen molar-refractivity contribution in [1.82, 2.24) is 15.2 Å². The van der Waals surface area contributed by atoms with Crippen LogP contribution in [0.25, 0.3) is 0 Å². The normalized spacial score (nSPS) is 14.9. The third-order valence-corrected chi connectivity index (χ3v) is 4.56. The number of aromatic nitrogens is 1. The van der Waals surface area contributed by atoms with E-state index in [1.807, 2.05) is 24.4 Å². The second-order valence-corrected chi connectivity index (χ2v) is 6.23. The molecule has 23 heavy (non-hydrogen) atoms. The van der Waals surface area contributed by atoms with Gasteiger partial charge in [-0.3, -0.25) is 9.88 Å². The summed E-state index contributed by atoms with van der Waals surface area (Å²) in [6.45, 7) is 2.39. The van der Waals surface area contributed by atoms with Gasteiger partial charge in [-0.1, -0.05) is 30.0 Å². The van der Waals surface area contributed by atoms with Crippen molar-refractivity contribution < 1.29 is 4.74 Å². The average Bonchev–Trinajstić information content (AvgIpc) is 2.62. The van der Waals surface area contributed by atoms with E-state index >= 15 is 0 Å². The maximum atomic E-state index is 5.17. The average molecular weight is 328 g/mol. The minimum atomic E-state index is 0.715. The number of benzene rings is 1. The molecule has 120 valence electrons. The van der Waals surface area contributed by atoms with Crippen molar-refractivity contribution in [3.63, 3.8) is 0 Å². The van der Waals surface area contributed by atoms with Crippen molar-refractivity contribution in [2.75, 3.05) is 20.4 Å². The fraction of sp³-hybridized carbons (Fsp3) is 0.294. The van der Waals surface area contributed by atoms with Crippen LogP contribution in [0.15, 0.2) is 53.8 Å². The van der Waals surface area contributed by atoms with Crippen LogP contribution in [0.5, 0.6) is 5.75 Å². The number of nitrogens with one attached hydrogen (secondary N) is 1. The van der Waals surface area contributed by atoms with E-state index in [0.717, 1.165) is 29.9 Å². The number of nitrogens with zero attached hydrogens (tertiary/aromatic N) is 3. The molecule has 0 aliphatic carbocycles. The predicted molar refractivity (Wildman–Crippen MR) is 94.4 cm³/mol. The summed E-state index contributed by atoms with van der Waals surface area (Å²) in [5.41, 5.74) is 2.47. The van der Waals surface area contributed by atoms with Gasteiger partial charge in [0.15, 0.2) is 5.17 Å². The van der Waals surface area contributed by atoms with Crippen molar-refractivity contribution in [3.8, 4) is 5.75 Å². The Bertz CT molecular complexity index is 645. The number of methoxy groups -OCH3 is 1. The van der Waals surface area contributed by atoms with Crippen LogP contribution >= 0.6 is 11.8 Å². The highest BCUT2D eigenvalue weighted by Crippen LogP contribution is 2.18. The number of aliphatic imine (C=N–C) groups is 1. The number of pyridine rings is 1. The van der Waals surface area contributed by atoms with E-state index < -0.39 is 0 Å². The maximum Gasteiger partial charge on any atom is 0.159 e. The van der Waals surface area contributed by atoms with Crippen LogP contribution in [0.4, 0.5) is 0 Å². The molecule has 0 radical (unpaired) electrons. The molecule has 6 heteroatoms. The first kappa shape index (κ1) is 15.8. The Morgan fingerprint density at radius 1 is 1.22 bits per heavy atom. The highest BCUT2D eigenvalue weighted by molar-refractivity contribution is 8.13. The van der Waals surface area contributed by atoms with E-state index in [1.54, 1.807) is 25.1 Å². The highest BCUT2D eigenvalue weighted by Gasteiger charge is 2.12. The second-order valence-electron chi connectivity index (χ2n) is 5.27. The van der Waals surface area contributed by atoms with Crippen molar-refractivity contribution in [2.45, 2.75) is 12.3 Å². The third kappa shape index (κ3) is 4.71. The van der Waals surface area contributed by atoms with Crippen LogP contribution in [-0.4, -0.2) is 35.5 Å². The summed E-state index contributed by atoms with van der Waals surface area (Å²) in [5.74, 6) is 1.79. The maximum absolute atomic E-state index is 5.17. The molecule has 1 aromatic heterocycles. The SMILES string of the molecule is COc1ccc(CSC2=NCN(Cc3cccnc3)CN2)cc1. The topological polar surface area (TPSA) is 49.8 Å². The van der Waals surface area contributed by atoms with Gasteiger partial charge < -0.3 is 10.1 Å². The molecule has 0 atom stereocenters. The number of hydrogen-bond donors (Lipinski definition) is 1. The quantitative estimate of drug-likeness (QED) is 0.914. The van der Waals surface area contributed by atoms with Crippen LogP contribution in [0.3, 0.4) is 0 Å². The molecule has 0 saturated carbocycles. The lowest BCUT2D eigenvalue weighted by Gasteiger charge is -2.26. The minimum Gasteiger partial charge on any atom is -0.497 e. The third-order valence-electron chi connectivity index (χ3n) is 3.53. The second kappa shape index (κ2) is 7.99. The van der Waals surface area contributed by atoms with Gasteiger partial charge in [-0.2, -0.15) is 0 Å². The fourth-order valence-electron chi connectivity index (χ4n) is 2.28. The van der Waals surface area contributed by atoms with Crippen LogP contribution < -0.4 is 10.1 Å². The monoisotopic (exact) mass is 328 g/mol. The number of thioether (sulfide) groups is 1. The van der Waals surface area contributed by atoms with Gasteiger partial charge >= 0.3 is 0 Å². The lowest BCUT2D eigenvalue weighted by Crippen LogP contribution is -2.41. The molecular formula is C17H20N4OS. The Balaban J connectivity index is 1.47. The van der Waals surface area contributed by atoms with E-state index in [-0.39, 0.29) is 0 Å². The predicted octanol–water partition coefficient (Wildman–Crippen LogP) is 2.70. The van der Waals surface area contributed by atoms with Gasteiger partial charge in [0.25, 0.3) is 0 Å². The zero-order valence-corrected chi connectivity index (χ0v) is 13.9. The Morgan fingerprint density at radius 3 is 2.74 bits per heavy atom. The molecule has 2 aromatic rings. The van der Waals surface area contributed by atoms with Crippen LogP contribution in [0, 0.1) is 0 Å². The molecule has 1 N–H and O–H groups in total. The summed E-state index contributed by atoms with van der Waals surface area (Å²) < 4.78 is 5.17. The van der Waals surface area contributed by atoms with Crippen LogP contribution in [0.1, 0.15) is 11.1 Å².